The molecule has 1 aromatic heterocycles. The molecule has 2 aromatic rings. The zero-order chi connectivity index (χ0) is 17.1. The van der Waals surface area contributed by atoms with Crippen molar-refractivity contribution in [2.45, 2.75) is 32.4 Å². The quantitative estimate of drug-likeness (QED) is 0.899. The molecule has 1 fully saturated rings. The van der Waals surface area contributed by atoms with E-state index in [4.69, 9.17) is 4.42 Å². The summed E-state index contributed by atoms with van der Waals surface area (Å²) in [6.07, 6.45) is 4.05. The van der Waals surface area contributed by atoms with Gasteiger partial charge in [0.1, 0.15) is 6.26 Å². The summed E-state index contributed by atoms with van der Waals surface area (Å²) in [6, 6.07) is 10.5. The number of likely N-dealkylation sites (tertiary alicyclic amines) is 1. The molecular formula is C19H25N3O2. The molecule has 3 atom stereocenters. The van der Waals surface area contributed by atoms with Crippen LogP contribution in [-0.4, -0.2) is 36.5 Å². The van der Waals surface area contributed by atoms with Gasteiger partial charge in [-0.15, -0.1) is 0 Å². The number of carbonyl (C=O) groups is 1. The summed E-state index contributed by atoms with van der Waals surface area (Å²) in [5, 5.41) is 6.54. The van der Waals surface area contributed by atoms with Crippen LogP contribution in [0.5, 0.6) is 0 Å². The fraction of sp³-hybridized carbons (Fsp3) is 0.421. The Hall–Kier alpha value is -2.27. The summed E-state index contributed by atoms with van der Waals surface area (Å²) in [6.45, 7) is 5.64. The normalized spacial score (nSPS) is 24.5. The Morgan fingerprint density at radius 2 is 2.04 bits per heavy atom. The van der Waals surface area contributed by atoms with Crippen LogP contribution in [0.15, 0.2) is 47.3 Å². The molecule has 0 aliphatic carbocycles. The fourth-order valence-electron chi connectivity index (χ4n) is 3.24. The van der Waals surface area contributed by atoms with Gasteiger partial charge in [-0.05, 0) is 50.6 Å². The van der Waals surface area contributed by atoms with Crippen molar-refractivity contribution in [1.82, 2.24) is 4.90 Å². The third-order valence-electron chi connectivity index (χ3n) is 4.87. The summed E-state index contributed by atoms with van der Waals surface area (Å²) < 4.78 is 4.95. The Morgan fingerprint density at radius 1 is 1.25 bits per heavy atom. The first-order valence-electron chi connectivity index (χ1n) is 8.43. The lowest BCUT2D eigenvalue weighted by Crippen LogP contribution is -2.48. The van der Waals surface area contributed by atoms with Gasteiger partial charge in [0.05, 0.1) is 11.8 Å². The first kappa shape index (κ1) is 16.6. The van der Waals surface area contributed by atoms with Crippen LogP contribution < -0.4 is 10.6 Å². The number of amides is 1. The second-order valence-electron chi connectivity index (χ2n) is 6.80. The highest BCUT2D eigenvalue weighted by Crippen LogP contribution is 2.25. The van der Waals surface area contributed by atoms with Crippen molar-refractivity contribution in [1.29, 1.82) is 0 Å². The highest BCUT2D eigenvalue weighted by molar-refractivity contribution is 6.04. The summed E-state index contributed by atoms with van der Waals surface area (Å²) in [4.78, 5) is 14.5. The number of rotatable bonds is 4. The van der Waals surface area contributed by atoms with Crippen LogP contribution in [0.2, 0.25) is 0 Å². The minimum Gasteiger partial charge on any atom is -0.472 e. The van der Waals surface area contributed by atoms with Crippen LogP contribution in [0.25, 0.3) is 0 Å². The van der Waals surface area contributed by atoms with Gasteiger partial charge in [-0.3, -0.25) is 4.79 Å². The van der Waals surface area contributed by atoms with Crippen LogP contribution >= 0.6 is 0 Å². The highest BCUT2D eigenvalue weighted by Gasteiger charge is 2.28. The third kappa shape index (κ3) is 3.79. The minimum atomic E-state index is -0.165. The highest BCUT2D eigenvalue weighted by atomic mass is 16.3. The molecule has 24 heavy (non-hydrogen) atoms. The largest absolute Gasteiger partial charge is 0.472 e. The lowest BCUT2D eigenvalue weighted by molar-refractivity contribution is 0.102. The smallest absolute Gasteiger partial charge is 0.258 e. The molecule has 1 aliphatic heterocycles. The summed E-state index contributed by atoms with van der Waals surface area (Å²) >= 11 is 0. The number of benzene rings is 1. The molecule has 0 saturated carbocycles. The average molecular weight is 327 g/mol. The van der Waals surface area contributed by atoms with Crippen molar-refractivity contribution in [3.05, 3.63) is 48.4 Å². The Labute approximate surface area is 143 Å². The van der Waals surface area contributed by atoms with Crippen LogP contribution in [0.1, 0.15) is 30.6 Å². The zero-order valence-electron chi connectivity index (χ0n) is 14.5. The van der Waals surface area contributed by atoms with Crippen molar-refractivity contribution < 1.29 is 9.21 Å². The van der Waals surface area contributed by atoms with E-state index in [2.05, 4.69) is 36.4 Å². The van der Waals surface area contributed by atoms with E-state index in [1.54, 1.807) is 6.07 Å². The van der Waals surface area contributed by atoms with Crippen molar-refractivity contribution in [2.24, 2.45) is 5.92 Å². The number of piperidine rings is 1. The minimum absolute atomic E-state index is 0.165. The first-order chi connectivity index (χ1) is 11.5. The number of anilines is 2. The van der Waals surface area contributed by atoms with Gasteiger partial charge in [0.25, 0.3) is 5.91 Å². The Bertz CT molecular complexity index is 684. The van der Waals surface area contributed by atoms with E-state index in [0.717, 1.165) is 24.3 Å². The maximum absolute atomic E-state index is 12.1. The molecule has 5 nitrogen and oxygen atoms in total. The zero-order valence-corrected chi connectivity index (χ0v) is 14.5. The molecule has 5 heteroatoms. The van der Waals surface area contributed by atoms with Crippen molar-refractivity contribution in [2.75, 3.05) is 24.2 Å². The molecule has 1 amide bonds. The van der Waals surface area contributed by atoms with Crippen molar-refractivity contribution in [3.8, 4) is 0 Å². The predicted octanol–water partition coefficient (Wildman–Crippen LogP) is 3.67. The van der Waals surface area contributed by atoms with E-state index in [-0.39, 0.29) is 5.91 Å². The lowest BCUT2D eigenvalue weighted by Gasteiger charge is -2.40. The molecule has 3 rings (SSSR count). The molecule has 2 N–H and O–H groups in total. The monoisotopic (exact) mass is 327 g/mol. The van der Waals surface area contributed by atoms with E-state index < -0.39 is 0 Å². The number of nitrogens with one attached hydrogen (secondary N) is 2. The number of hydrogen-bond donors (Lipinski definition) is 2. The number of carbonyl (C=O) groups excluding carboxylic acids is 1. The SMILES string of the molecule is CC1CN(C)C(C)CC1Nc1cccc(NC(=O)c2ccoc2)c1. The number of hydrogen-bond acceptors (Lipinski definition) is 4. The van der Waals surface area contributed by atoms with E-state index in [9.17, 15) is 4.79 Å². The summed E-state index contributed by atoms with van der Waals surface area (Å²) in [5.41, 5.74) is 2.33. The van der Waals surface area contributed by atoms with E-state index in [1.165, 1.54) is 12.5 Å². The van der Waals surface area contributed by atoms with Crippen molar-refractivity contribution >= 4 is 17.3 Å². The molecule has 0 spiro atoms. The Morgan fingerprint density at radius 3 is 2.79 bits per heavy atom. The van der Waals surface area contributed by atoms with Crippen LogP contribution in [0.3, 0.4) is 0 Å². The molecular weight excluding hydrogens is 302 g/mol. The van der Waals surface area contributed by atoms with Crippen LogP contribution in [0.4, 0.5) is 11.4 Å². The number of nitrogens with zero attached hydrogens (tertiary/aromatic N) is 1. The predicted molar refractivity (Wildman–Crippen MR) is 96.4 cm³/mol. The van der Waals surface area contributed by atoms with Gasteiger partial charge < -0.3 is 20.0 Å². The van der Waals surface area contributed by atoms with Gasteiger partial charge in [0.2, 0.25) is 0 Å². The summed E-state index contributed by atoms with van der Waals surface area (Å²) in [7, 11) is 2.18. The van der Waals surface area contributed by atoms with Gasteiger partial charge in [-0.25, -0.2) is 0 Å². The first-order valence-corrected chi connectivity index (χ1v) is 8.43. The lowest BCUT2D eigenvalue weighted by atomic mass is 9.89. The van der Waals surface area contributed by atoms with Gasteiger partial charge in [0.15, 0.2) is 0 Å². The average Bonchev–Trinajstić information content (AvgIpc) is 3.07. The third-order valence-corrected chi connectivity index (χ3v) is 4.87. The van der Waals surface area contributed by atoms with Crippen LogP contribution in [-0.2, 0) is 0 Å². The van der Waals surface area contributed by atoms with E-state index in [1.807, 2.05) is 24.3 Å². The maximum atomic E-state index is 12.1. The van der Waals surface area contributed by atoms with Gasteiger partial charge in [-0.2, -0.15) is 0 Å². The van der Waals surface area contributed by atoms with Gasteiger partial charge >= 0.3 is 0 Å². The second-order valence-corrected chi connectivity index (χ2v) is 6.80. The van der Waals surface area contributed by atoms with Crippen LogP contribution in [0, 0.1) is 5.92 Å². The molecule has 1 saturated heterocycles. The standard InChI is InChI=1S/C19H25N3O2/c1-13-11-22(3)14(2)9-18(13)20-16-5-4-6-17(10-16)21-19(23)15-7-8-24-12-15/h4-8,10,12-14,18,20H,9,11H2,1-3H3,(H,21,23). The molecule has 0 radical (unpaired) electrons. The Kier molecular flexibility index (Phi) is 4.90. The summed E-state index contributed by atoms with van der Waals surface area (Å²) in [5.74, 6) is 0.414. The second kappa shape index (κ2) is 7.09. The number of furan rings is 1. The van der Waals surface area contributed by atoms with E-state index >= 15 is 0 Å². The molecule has 2 heterocycles. The molecule has 0 bridgehead atoms. The molecule has 3 unspecified atom stereocenters. The van der Waals surface area contributed by atoms with Gasteiger partial charge in [-0.1, -0.05) is 13.0 Å². The topological polar surface area (TPSA) is 57.5 Å². The van der Waals surface area contributed by atoms with Crippen molar-refractivity contribution in [3.63, 3.8) is 0 Å². The molecule has 1 aromatic carbocycles. The molecule has 1 aliphatic rings. The maximum Gasteiger partial charge on any atom is 0.258 e. The Balaban J connectivity index is 1.66. The molecule has 128 valence electrons. The fourth-order valence-corrected chi connectivity index (χ4v) is 3.24. The van der Waals surface area contributed by atoms with Gasteiger partial charge in [0, 0.05) is 30.0 Å². The van der Waals surface area contributed by atoms with E-state index in [0.29, 0.717) is 23.6 Å².